The molecule has 3 heterocycles. The van der Waals surface area contributed by atoms with Crippen molar-refractivity contribution in [2.24, 2.45) is 7.05 Å². The number of rotatable bonds is 3. The van der Waals surface area contributed by atoms with E-state index in [1.807, 2.05) is 13.8 Å². The lowest BCUT2D eigenvalue weighted by atomic mass is 10.2. The first-order valence-electron chi connectivity index (χ1n) is 6.65. The van der Waals surface area contributed by atoms with Crippen molar-refractivity contribution in [1.82, 2.24) is 29.9 Å². The standard InChI is InChI=1S/C13H14N6O3/c1-6(2)22-12-7-4-9(16-17-10(7)19(3)18-12)8-5-14-13(21)15-11(8)20/h4-6H,1-3H3,(H2,14,15,20,21). The minimum Gasteiger partial charge on any atom is -0.473 e. The first kappa shape index (κ1) is 14.0. The SMILES string of the molecule is CC(C)Oc1nn(C)c2nnc(-c3c[nH]c(=O)[nH]c3=O)cc12. The van der Waals surface area contributed by atoms with Crippen molar-refractivity contribution in [1.29, 1.82) is 0 Å². The third kappa shape index (κ3) is 2.36. The van der Waals surface area contributed by atoms with Crippen LogP contribution in [0.25, 0.3) is 22.3 Å². The molecule has 0 radical (unpaired) electrons. The Kier molecular flexibility index (Phi) is 3.24. The molecular formula is C13H14N6O3. The topological polar surface area (TPSA) is 119 Å². The van der Waals surface area contributed by atoms with Gasteiger partial charge in [0.25, 0.3) is 5.56 Å². The summed E-state index contributed by atoms with van der Waals surface area (Å²) in [5.41, 5.74) is -0.0270. The number of hydrogen-bond acceptors (Lipinski definition) is 6. The van der Waals surface area contributed by atoms with E-state index in [1.165, 1.54) is 6.20 Å². The van der Waals surface area contributed by atoms with E-state index in [-0.39, 0.29) is 11.7 Å². The Bertz CT molecular complexity index is 952. The number of hydrogen-bond donors (Lipinski definition) is 2. The Morgan fingerprint density at radius 3 is 2.73 bits per heavy atom. The summed E-state index contributed by atoms with van der Waals surface area (Å²) in [6.45, 7) is 3.78. The second kappa shape index (κ2) is 5.10. The number of H-pyrrole nitrogens is 2. The van der Waals surface area contributed by atoms with Crippen LogP contribution in [-0.4, -0.2) is 36.0 Å². The highest BCUT2D eigenvalue weighted by molar-refractivity contribution is 5.84. The molecule has 0 aliphatic carbocycles. The largest absolute Gasteiger partial charge is 0.473 e. The van der Waals surface area contributed by atoms with Crippen LogP contribution in [-0.2, 0) is 7.05 Å². The van der Waals surface area contributed by atoms with E-state index in [0.29, 0.717) is 22.6 Å². The number of aryl methyl sites for hydroxylation is 1. The summed E-state index contributed by atoms with van der Waals surface area (Å²) in [6.07, 6.45) is 1.25. The summed E-state index contributed by atoms with van der Waals surface area (Å²) in [6, 6.07) is 1.66. The summed E-state index contributed by atoms with van der Waals surface area (Å²) in [5.74, 6) is 0.421. The Morgan fingerprint density at radius 1 is 1.27 bits per heavy atom. The van der Waals surface area contributed by atoms with Gasteiger partial charge in [0, 0.05) is 13.2 Å². The van der Waals surface area contributed by atoms with Crippen LogP contribution in [0.5, 0.6) is 5.88 Å². The summed E-state index contributed by atoms with van der Waals surface area (Å²) < 4.78 is 7.20. The molecule has 114 valence electrons. The Labute approximate surface area is 124 Å². The number of aromatic nitrogens is 6. The lowest BCUT2D eigenvalue weighted by Gasteiger charge is -2.06. The molecule has 0 atom stereocenters. The first-order valence-corrected chi connectivity index (χ1v) is 6.65. The van der Waals surface area contributed by atoms with Gasteiger partial charge in [-0.25, -0.2) is 9.48 Å². The van der Waals surface area contributed by atoms with Gasteiger partial charge in [0.1, 0.15) is 5.69 Å². The maximum absolute atomic E-state index is 11.8. The minimum absolute atomic E-state index is 0.0498. The second-order valence-electron chi connectivity index (χ2n) is 5.05. The third-order valence-corrected chi connectivity index (χ3v) is 2.99. The predicted octanol–water partition coefficient (Wildman–Crippen LogP) is 0.194. The zero-order chi connectivity index (χ0) is 15.9. The number of aromatic amines is 2. The predicted molar refractivity (Wildman–Crippen MR) is 78.7 cm³/mol. The molecule has 0 fully saturated rings. The van der Waals surface area contributed by atoms with Gasteiger partial charge in [-0.15, -0.1) is 15.3 Å². The third-order valence-electron chi connectivity index (χ3n) is 2.99. The van der Waals surface area contributed by atoms with Crippen LogP contribution >= 0.6 is 0 Å². The first-order chi connectivity index (χ1) is 10.5. The Morgan fingerprint density at radius 2 is 2.05 bits per heavy atom. The average molecular weight is 302 g/mol. The molecular weight excluding hydrogens is 288 g/mol. The van der Waals surface area contributed by atoms with Gasteiger partial charge in [0.2, 0.25) is 5.88 Å². The highest BCUT2D eigenvalue weighted by atomic mass is 16.5. The van der Waals surface area contributed by atoms with E-state index in [0.717, 1.165) is 0 Å². The summed E-state index contributed by atoms with van der Waals surface area (Å²) >= 11 is 0. The fourth-order valence-electron chi connectivity index (χ4n) is 2.06. The van der Waals surface area contributed by atoms with Crippen molar-refractivity contribution < 1.29 is 4.74 Å². The molecule has 3 rings (SSSR count). The highest BCUT2D eigenvalue weighted by Gasteiger charge is 2.16. The molecule has 0 unspecified atom stereocenters. The number of nitrogens with zero attached hydrogens (tertiary/aromatic N) is 4. The van der Waals surface area contributed by atoms with Crippen LogP contribution in [0.2, 0.25) is 0 Å². The second-order valence-corrected chi connectivity index (χ2v) is 5.05. The van der Waals surface area contributed by atoms with E-state index < -0.39 is 11.2 Å². The highest BCUT2D eigenvalue weighted by Crippen LogP contribution is 2.26. The Balaban J connectivity index is 2.20. The van der Waals surface area contributed by atoms with Gasteiger partial charge in [-0.3, -0.25) is 9.78 Å². The van der Waals surface area contributed by atoms with Crippen LogP contribution < -0.4 is 16.0 Å². The van der Waals surface area contributed by atoms with Crippen molar-refractivity contribution >= 4 is 11.0 Å². The fraction of sp³-hybridized carbons (Fsp3) is 0.308. The van der Waals surface area contributed by atoms with E-state index in [2.05, 4.69) is 25.3 Å². The molecule has 0 aliphatic heterocycles. The van der Waals surface area contributed by atoms with Gasteiger partial charge in [0.15, 0.2) is 5.65 Å². The number of nitrogens with one attached hydrogen (secondary N) is 2. The van der Waals surface area contributed by atoms with Gasteiger partial charge in [-0.1, -0.05) is 0 Å². The van der Waals surface area contributed by atoms with E-state index in [9.17, 15) is 9.59 Å². The normalized spacial score (nSPS) is 11.3. The molecule has 9 heteroatoms. The zero-order valence-electron chi connectivity index (χ0n) is 12.2. The van der Waals surface area contributed by atoms with Gasteiger partial charge >= 0.3 is 5.69 Å². The summed E-state index contributed by atoms with van der Waals surface area (Å²) in [4.78, 5) is 27.5. The van der Waals surface area contributed by atoms with Crippen molar-refractivity contribution in [3.63, 3.8) is 0 Å². The van der Waals surface area contributed by atoms with Gasteiger partial charge in [-0.05, 0) is 19.9 Å². The molecule has 9 nitrogen and oxygen atoms in total. The molecule has 0 spiro atoms. The van der Waals surface area contributed by atoms with Crippen LogP contribution in [0.4, 0.5) is 0 Å². The van der Waals surface area contributed by atoms with Crippen molar-refractivity contribution in [2.45, 2.75) is 20.0 Å². The van der Waals surface area contributed by atoms with E-state index >= 15 is 0 Å². The lowest BCUT2D eigenvalue weighted by molar-refractivity contribution is 0.233. The zero-order valence-corrected chi connectivity index (χ0v) is 12.2. The molecule has 0 amide bonds. The number of fused-ring (bicyclic) bond motifs is 1. The molecule has 0 saturated heterocycles. The van der Waals surface area contributed by atoms with Crippen molar-refractivity contribution in [2.75, 3.05) is 0 Å². The fourth-order valence-corrected chi connectivity index (χ4v) is 2.06. The van der Waals surface area contributed by atoms with Crippen LogP contribution in [0.3, 0.4) is 0 Å². The maximum Gasteiger partial charge on any atom is 0.325 e. The van der Waals surface area contributed by atoms with Gasteiger partial charge < -0.3 is 9.72 Å². The van der Waals surface area contributed by atoms with Crippen LogP contribution in [0.15, 0.2) is 21.9 Å². The van der Waals surface area contributed by atoms with Crippen molar-refractivity contribution in [3.8, 4) is 17.1 Å². The van der Waals surface area contributed by atoms with Crippen molar-refractivity contribution in [3.05, 3.63) is 33.1 Å². The van der Waals surface area contributed by atoms with Gasteiger partial charge in [0.05, 0.1) is 17.1 Å². The quantitative estimate of drug-likeness (QED) is 0.713. The number of ether oxygens (including phenoxy) is 1. The maximum atomic E-state index is 11.8. The molecule has 2 N–H and O–H groups in total. The molecule has 0 bridgehead atoms. The monoisotopic (exact) mass is 302 g/mol. The molecule has 0 aromatic carbocycles. The molecule has 0 saturated carbocycles. The lowest BCUT2D eigenvalue weighted by Crippen LogP contribution is -2.22. The molecule has 22 heavy (non-hydrogen) atoms. The molecule has 0 aliphatic rings. The minimum atomic E-state index is -0.576. The molecule has 3 aromatic heterocycles. The molecule has 3 aromatic rings. The van der Waals surface area contributed by atoms with Crippen LogP contribution in [0, 0.1) is 0 Å². The van der Waals surface area contributed by atoms with E-state index in [1.54, 1.807) is 17.8 Å². The van der Waals surface area contributed by atoms with Gasteiger partial charge in [-0.2, -0.15) is 0 Å². The summed E-state index contributed by atoms with van der Waals surface area (Å²) in [7, 11) is 1.73. The van der Waals surface area contributed by atoms with Crippen LogP contribution in [0.1, 0.15) is 13.8 Å². The Hall–Kier alpha value is -2.97. The summed E-state index contributed by atoms with van der Waals surface area (Å²) in [5, 5.41) is 13.0. The van der Waals surface area contributed by atoms with E-state index in [4.69, 9.17) is 4.74 Å². The average Bonchev–Trinajstić information content (AvgIpc) is 2.74. The smallest absolute Gasteiger partial charge is 0.325 e.